The van der Waals surface area contributed by atoms with Crippen LogP contribution in [0.5, 0.6) is 0 Å². The maximum atomic E-state index is 12.4. The Morgan fingerprint density at radius 2 is 1.52 bits per heavy atom. The second-order valence-corrected chi connectivity index (χ2v) is 5.15. The minimum absolute atomic E-state index is 0.101. The number of carboxylic acid groups (broad SMARTS) is 1. The van der Waals surface area contributed by atoms with Crippen LogP contribution >= 0.6 is 15.9 Å². The number of para-hydroxylation sites is 1. The molecular weight excluding hydrogens is 338 g/mol. The van der Waals surface area contributed by atoms with Gasteiger partial charge in [0.25, 0.3) is 5.78 Å². The van der Waals surface area contributed by atoms with E-state index in [0.29, 0.717) is 5.56 Å². The number of hydrogen-bond acceptors (Lipinski definition) is 4. The molecule has 106 valence electrons. The molecule has 2 rings (SSSR count). The van der Waals surface area contributed by atoms with Crippen molar-refractivity contribution in [2.24, 2.45) is 0 Å². The number of rotatable bonds is 4. The van der Waals surface area contributed by atoms with Gasteiger partial charge in [0.05, 0.1) is 11.3 Å². The number of nitrogen functional groups attached to an aromatic ring is 1. The number of aliphatic carboxylic acids is 1. The molecule has 0 fully saturated rings. The molecule has 3 N–H and O–H groups in total. The number of nitrogens with two attached hydrogens (primary N) is 1. The summed E-state index contributed by atoms with van der Waals surface area (Å²) in [5.74, 6) is -3.13. The molecule has 21 heavy (non-hydrogen) atoms. The second kappa shape index (κ2) is 5.88. The van der Waals surface area contributed by atoms with Crippen LogP contribution in [0.15, 0.2) is 46.9 Å². The van der Waals surface area contributed by atoms with Gasteiger partial charge in [0.2, 0.25) is 0 Å². The molecule has 0 aliphatic heterocycles. The van der Waals surface area contributed by atoms with E-state index in [9.17, 15) is 14.4 Å². The quantitative estimate of drug-likeness (QED) is 0.503. The molecule has 0 heterocycles. The molecular formula is C15H10BrNO4. The van der Waals surface area contributed by atoms with Crippen LogP contribution in [0.1, 0.15) is 26.3 Å². The third-order valence-electron chi connectivity index (χ3n) is 2.90. The second-order valence-electron chi connectivity index (χ2n) is 4.24. The minimum atomic E-state index is -1.62. The fourth-order valence-electron chi connectivity index (χ4n) is 1.83. The highest BCUT2D eigenvalue weighted by Crippen LogP contribution is 2.22. The summed E-state index contributed by atoms with van der Waals surface area (Å²) in [5.41, 5.74) is 5.95. The normalized spacial score (nSPS) is 10.1. The average molecular weight is 348 g/mol. The van der Waals surface area contributed by atoms with E-state index in [-0.39, 0.29) is 22.6 Å². The standard InChI is InChI=1S/C15H10BrNO4/c16-9-6-4-8(5-7-9)13(18)10-2-1-3-11(12(10)17)14(19)15(20)21/h1-7H,17H2,(H,20,21). The van der Waals surface area contributed by atoms with Crippen molar-refractivity contribution >= 4 is 39.2 Å². The number of Topliss-reactive ketones (excluding diaryl/α,β-unsaturated/α-hetero) is 1. The van der Waals surface area contributed by atoms with Crippen molar-refractivity contribution in [1.29, 1.82) is 0 Å². The number of carboxylic acids is 1. The molecule has 0 saturated carbocycles. The molecule has 0 aliphatic rings. The van der Waals surface area contributed by atoms with Crippen LogP contribution in [0, 0.1) is 0 Å². The van der Waals surface area contributed by atoms with E-state index < -0.39 is 11.8 Å². The predicted molar refractivity (Wildman–Crippen MR) is 80.4 cm³/mol. The van der Waals surface area contributed by atoms with E-state index in [2.05, 4.69) is 15.9 Å². The lowest BCUT2D eigenvalue weighted by Gasteiger charge is -2.08. The zero-order chi connectivity index (χ0) is 15.6. The number of hydrogen-bond donors (Lipinski definition) is 2. The third kappa shape index (κ3) is 3.00. The molecule has 2 aromatic rings. The van der Waals surface area contributed by atoms with Crippen molar-refractivity contribution in [1.82, 2.24) is 0 Å². The van der Waals surface area contributed by atoms with E-state index in [0.717, 1.165) is 4.47 Å². The van der Waals surface area contributed by atoms with Crippen LogP contribution in [0.3, 0.4) is 0 Å². The maximum Gasteiger partial charge on any atom is 0.377 e. The van der Waals surface area contributed by atoms with E-state index in [1.165, 1.54) is 18.2 Å². The first-order chi connectivity index (χ1) is 9.91. The van der Waals surface area contributed by atoms with Gasteiger partial charge in [-0.15, -0.1) is 0 Å². The number of carbonyl (C=O) groups is 3. The van der Waals surface area contributed by atoms with Crippen LogP contribution in [-0.2, 0) is 4.79 Å². The van der Waals surface area contributed by atoms with Crippen LogP contribution in [-0.4, -0.2) is 22.6 Å². The Morgan fingerprint density at radius 1 is 0.952 bits per heavy atom. The summed E-state index contributed by atoms with van der Waals surface area (Å²) in [4.78, 5) is 34.6. The zero-order valence-corrected chi connectivity index (χ0v) is 12.3. The summed E-state index contributed by atoms with van der Waals surface area (Å²) < 4.78 is 0.821. The van der Waals surface area contributed by atoms with Gasteiger partial charge in [0, 0.05) is 15.6 Å². The molecule has 5 nitrogen and oxygen atoms in total. The highest BCUT2D eigenvalue weighted by molar-refractivity contribution is 9.10. The van der Waals surface area contributed by atoms with Crippen molar-refractivity contribution in [2.75, 3.05) is 5.73 Å². The number of ketones is 2. The number of halogens is 1. The molecule has 0 aliphatic carbocycles. The molecule has 0 saturated heterocycles. The van der Waals surface area contributed by atoms with Gasteiger partial charge in [-0.25, -0.2) is 4.79 Å². The third-order valence-corrected chi connectivity index (χ3v) is 3.42. The summed E-state index contributed by atoms with van der Waals surface area (Å²) in [5, 5.41) is 8.74. The summed E-state index contributed by atoms with van der Waals surface area (Å²) in [7, 11) is 0. The first-order valence-corrected chi connectivity index (χ1v) is 6.67. The first-order valence-electron chi connectivity index (χ1n) is 5.88. The Labute approximate surface area is 128 Å². The van der Waals surface area contributed by atoms with Crippen LogP contribution in [0.25, 0.3) is 0 Å². The Balaban J connectivity index is 2.47. The molecule has 6 heteroatoms. The Morgan fingerprint density at radius 3 is 2.10 bits per heavy atom. The molecule has 0 amide bonds. The number of anilines is 1. The van der Waals surface area contributed by atoms with Gasteiger partial charge < -0.3 is 10.8 Å². The Hall–Kier alpha value is -2.47. The minimum Gasteiger partial charge on any atom is -0.475 e. The molecule has 0 radical (unpaired) electrons. The Kier molecular flexibility index (Phi) is 4.18. The SMILES string of the molecule is Nc1c(C(=O)C(=O)O)cccc1C(=O)c1ccc(Br)cc1. The van der Waals surface area contributed by atoms with Crippen molar-refractivity contribution in [3.05, 3.63) is 63.6 Å². The largest absolute Gasteiger partial charge is 0.475 e. The highest BCUT2D eigenvalue weighted by Gasteiger charge is 2.21. The van der Waals surface area contributed by atoms with Gasteiger partial charge in [-0.1, -0.05) is 22.0 Å². The fourth-order valence-corrected chi connectivity index (χ4v) is 2.10. The fraction of sp³-hybridized carbons (Fsp3) is 0. The topological polar surface area (TPSA) is 97.5 Å². The smallest absolute Gasteiger partial charge is 0.377 e. The summed E-state index contributed by atoms with van der Waals surface area (Å²) in [6, 6.07) is 10.8. The lowest BCUT2D eigenvalue weighted by molar-refractivity contribution is -0.131. The molecule has 0 bridgehead atoms. The summed E-state index contributed by atoms with van der Waals surface area (Å²) in [6.07, 6.45) is 0. The zero-order valence-electron chi connectivity index (χ0n) is 10.7. The first kappa shape index (κ1) is 14.9. The summed E-state index contributed by atoms with van der Waals surface area (Å²) in [6.45, 7) is 0. The van der Waals surface area contributed by atoms with Gasteiger partial charge in [-0.2, -0.15) is 0 Å². The van der Waals surface area contributed by atoms with Crippen molar-refractivity contribution in [2.45, 2.75) is 0 Å². The van der Waals surface area contributed by atoms with Gasteiger partial charge >= 0.3 is 5.97 Å². The van der Waals surface area contributed by atoms with Crippen LogP contribution in [0.2, 0.25) is 0 Å². The molecule has 0 atom stereocenters. The van der Waals surface area contributed by atoms with Gasteiger partial charge in [-0.05, 0) is 36.4 Å². The monoisotopic (exact) mass is 347 g/mol. The van der Waals surface area contributed by atoms with Crippen LogP contribution in [0.4, 0.5) is 5.69 Å². The number of carbonyl (C=O) groups excluding carboxylic acids is 2. The van der Waals surface area contributed by atoms with E-state index in [1.807, 2.05) is 0 Å². The number of benzene rings is 2. The van der Waals surface area contributed by atoms with E-state index in [4.69, 9.17) is 10.8 Å². The van der Waals surface area contributed by atoms with E-state index in [1.54, 1.807) is 24.3 Å². The summed E-state index contributed by atoms with van der Waals surface area (Å²) >= 11 is 3.27. The van der Waals surface area contributed by atoms with Crippen molar-refractivity contribution in [3.63, 3.8) is 0 Å². The average Bonchev–Trinajstić information content (AvgIpc) is 2.47. The van der Waals surface area contributed by atoms with Crippen molar-refractivity contribution < 1.29 is 19.5 Å². The van der Waals surface area contributed by atoms with Gasteiger partial charge in [0.1, 0.15) is 0 Å². The van der Waals surface area contributed by atoms with Crippen molar-refractivity contribution in [3.8, 4) is 0 Å². The lowest BCUT2D eigenvalue weighted by atomic mass is 9.97. The van der Waals surface area contributed by atoms with Gasteiger partial charge in [0.15, 0.2) is 5.78 Å². The molecule has 2 aromatic carbocycles. The maximum absolute atomic E-state index is 12.4. The predicted octanol–water partition coefficient (Wildman–Crippen LogP) is 2.53. The Bertz CT molecular complexity index is 738. The van der Waals surface area contributed by atoms with Crippen LogP contribution < -0.4 is 5.73 Å². The molecule has 0 spiro atoms. The lowest BCUT2D eigenvalue weighted by Crippen LogP contribution is -2.17. The van der Waals surface area contributed by atoms with E-state index >= 15 is 0 Å². The molecule has 0 unspecified atom stereocenters. The molecule has 0 aromatic heterocycles. The highest BCUT2D eigenvalue weighted by atomic mass is 79.9. The van der Waals surface area contributed by atoms with Gasteiger partial charge in [-0.3, -0.25) is 9.59 Å².